The Morgan fingerprint density at radius 1 is 0.913 bits per heavy atom. The average Bonchev–Trinajstić information content (AvgIpc) is 2.54. The summed E-state index contributed by atoms with van der Waals surface area (Å²) in [6.45, 7) is 0. The van der Waals surface area contributed by atoms with Gasteiger partial charge in [0.1, 0.15) is 5.75 Å². The first-order chi connectivity index (χ1) is 10.7. The van der Waals surface area contributed by atoms with Crippen LogP contribution in [0, 0.1) is 0 Å². The molecular weight excluding hydrogens is 299 g/mol. The van der Waals surface area contributed by atoms with Crippen molar-refractivity contribution < 1.29 is 5.11 Å². The zero-order valence-electron chi connectivity index (χ0n) is 11.6. The Bertz CT molecular complexity index is 1070. The number of aromatic nitrogens is 2. The SMILES string of the molecule is O=c1nc(-c2cccc(O)c2)c2ccc3ccccc3c2[nH]1.[NaH]. The number of rotatable bonds is 1. The quantitative estimate of drug-likeness (QED) is 0.419. The van der Waals surface area contributed by atoms with E-state index in [4.69, 9.17) is 0 Å². The van der Waals surface area contributed by atoms with Crippen LogP contribution in [0.15, 0.2) is 65.5 Å². The molecule has 108 valence electrons. The Morgan fingerprint density at radius 3 is 2.57 bits per heavy atom. The molecule has 1 heterocycles. The van der Waals surface area contributed by atoms with Gasteiger partial charge in [-0.25, -0.2) is 4.79 Å². The minimum absolute atomic E-state index is 0. The zero-order valence-corrected chi connectivity index (χ0v) is 11.6. The number of hydrogen-bond donors (Lipinski definition) is 2. The van der Waals surface area contributed by atoms with Crippen molar-refractivity contribution in [2.45, 2.75) is 0 Å². The predicted octanol–water partition coefficient (Wildman–Crippen LogP) is 2.80. The molecule has 0 fully saturated rings. The summed E-state index contributed by atoms with van der Waals surface area (Å²) >= 11 is 0. The second-order valence-corrected chi connectivity index (χ2v) is 5.15. The first-order valence-corrected chi connectivity index (χ1v) is 6.93. The summed E-state index contributed by atoms with van der Waals surface area (Å²) in [5.41, 5.74) is 1.64. The summed E-state index contributed by atoms with van der Waals surface area (Å²) in [6, 6.07) is 18.6. The maximum absolute atomic E-state index is 12.0. The van der Waals surface area contributed by atoms with E-state index in [1.165, 1.54) is 0 Å². The second-order valence-electron chi connectivity index (χ2n) is 5.15. The van der Waals surface area contributed by atoms with Gasteiger partial charge in [-0.1, -0.05) is 48.5 Å². The van der Waals surface area contributed by atoms with E-state index in [-0.39, 0.29) is 35.3 Å². The van der Waals surface area contributed by atoms with Crippen molar-refractivity contribution >= 4 is 51.2 Å². The van der Waals surface area contributed by atoms with E-state index < -0.39 is 5.69 Å². The first-order valence-electron chi connectivity index (χ1n) is 6.93. The fraction of sp³-hybridized carbons (Fsp3) is 0. The third-order valence-electron chi connectivity index (χ3n) is 3.75. The van der Waals surface area contributed by atoms with E-state index in [0.717, 1.165) is 21.7 Å². The van der Waals surface area contributed by atoms with Gasteiger partial charge in [0.2, 0.25) is 0 Å². The van der Waals surface area contributed by atoms with Crippen LogP contribution in [0.5, 0.6) is 5.75 Å². The molecule has 1 aromatic heterocycles. The summed E-state index contributed by atoms with van der Waals surface area (Å²) < 4.78 is 0. The number of nitrogens with zero attached hydrogens (tertiary/aromatic N) is 1. The molecule has 0 aliphatic heterocycles. The van der Waals surface area contributed by atoms with Crippen molar-refractivity contribution in [1.82, 2.24) is 9.97 Å². The molecule has 23 heavy (non-hydrogen) atoms. The van der Waals surface area contributed by atoms with Crippen LogP contribution in [0.3, 0.4) is 0 Å². The Hall–Kier alpha value is -2.14. The van der Waals surface area contributed by atoms with Crippen LogP contribution in [0.4, 0.5) is 0 Å². The maximum atomic E-state index is 12.0. The molecule has 0 saturated carbocycles. The third kappa shape index (κ3) is 2.77. The number of benzene rings is 3. The van der Waals surface area contributed by atoms with Crippen LogP contribution in [-0.4, -0.2) is 44.6 Å². The van der Waals surface area contributed by atoms with Gasteiger partial charge in [-0.15, -0.1) is 0 Å². The van der Waals surface area contributed by atoms with E-state index >= 15 is 0 Å². The number of phenolic OH excluding ortho intramolecular Hbond substituents is 1. The molecule has 4 nitrogen and oxygen atoms in total. The van der Waals surface area contributed by atoms with Crippen LogP contribution in [0.1, 0.15) is 0 Å². The number of aromatic amines is 1. The molecule has 0 spiro atoms. The molecule has 3 aromatic carbocycles. The molecule has 2 N–H and O–H groups in total. The molecule has 0 amide bonds. The van der Waals surface area contributed by atoms with Gasteiger partial charge >= 0.3 is 35.2 Å². The van der Waals surface area contributed by atoms with Crippen molar-refractivity contribution in [3.05, 3.63) is 71.1 Å². The molecule has 4 aromatic rings. The number of aromatic hydroxyl groups is 1. The number of nitrogens with one attached hydrogen (secondary N) is 1. The normalized spacial score (nSPS) is 10.6. The van der Waals surface area contributed by atoms with Gasteiger partial charge in [-0.2, -0.15) is 4.98 Å². The van der Waals surface area contributed by atoms with Crippen LogP contribution in [0.25, 0.3) is 32.9 Å². The Morgan fingerprint density at radius 2 is 1.74 bits per heavy atom. The summed E-state index contributed by atoms with van der Waals surface area (Å²) in [5, 5.41) is 12.6. The van der Waals surface area contributed by atoms with Crippen LogP contribution >= 0.6 is 0 Å². The van der Waals surface area contributed by atoms with Crippen LogP contribution in [0.2, 0.25) is 0 Å². The molecular formula is C18H13N2NaO2. The average molecular weight is 312 g/mol. The van der Waals surface area contributed by atoms with Crippen molar-refractivity contribution in [3.63, 3.8) is 0 Å². The second kappa shape index (κ2) is 6.16. The monoisotopic (exact) mass is 312 g/mol. The molecule has 0 saturated heterocycles. The van der Waals surface area contributed by atoms with Gasteiger partial charge in [0.15, 0.2) is 0 Å². The molecule has 0 unspecified atom stereocenters. The predicted molar refractivity (Wildman–Crippen MR) is 94.1 cm³/mol. The molecule has 0 radical (unpaired) electrons. The van der Waals surface area contributed by atoms with Crippen molar-refractivity contribution in [1.29, 1.82) is 0 Å². The van der Waals surface area contributed by atoms with Gasteiger partial charge in [0, 0.05) is 16.3 Å². The Balaban J connectivity index is 0.00000156. The number of phenols is 1. The van der Waals surface area contributed by atoms with E-state index in [1.807, 2.05) is 42.5 Å². The van der Waals surface area contributed by atoms with Crippen LogP contribution in [-0.2, 0) is 0 Å². The van der Waals surface area contributed by atoms with Gasteiger partial charge in [-0.3, -0.25) is 0 Å². The fourth-order valence-corrected chi connectivity index (χ4v) is 2.77. The summed E-state index contributed by atoms with van der Waals surface area (Å²) in [4.78, 5) is 18.9. The summed E-state index contributed by atoms with van der Waals surface area (Å²) in [5.74, 6) is 0.147. The Kier molecular flexibility index (Phi) is 4.22. The zero-order chi connectivity index (χ0) is 15.1. The van der Waals surface area contributed by atoms with Crippen molar-refractivity contribution in [2.75, 3.05) is 0 Å². The van der Waals surface area contributed by atoms with Gasteiger partial charge in [-0.05, 0) is 17.5 Å². The molecule has 5 heteroatoms. The van der Waals surface area contributed by atoms with E-state index in [1.54, 1.807) is 18.2 Å². The van der Waals surface area contributed by atoms with Gasteiger partial charge in [0.25, 0.3) is 0 Å². The van der Waals surface area contributed by atoms with Gasteiger partial charge < -0.3 is 10.1 Å². The van der Waals surface area contributed by atoms with Crippen molar-refractivity contribution in [3.8, 4) is 17.0 Å². The molecule has 0 atom stereocenters. The molecule has 0 aliphatic rings. The standard InChI is InChI=1S/C18H12N2O2.Na.H/c21-13-6-3-5-12(10-13)16-15-9-8-11-4-1-2-7-14(11)17(15)20-18(22)19-16;;/h1-10,21H,(H,19,20,22);;. The summed E-state index contributed by atoms with van der Waals surface area (Å²) in [6.07, 6.45) is 0. The molecule has 0 bridgehead atoms. The third-order valence-corrected chi connectivity index (χ3v) is 3.75. The molecule has 0 aliphatic carbocycles. The summed E-state index contributed by atoms with van der Waals surface area (Å²) in [7, 11) is 0. The van der Waals surface area contributed by atoms with Crippen LogP contribution < -0.4 is 5.69 Å². The molecule has 4 rings (SSSR count). The number of fused-ring (bicyclic) bond motifs is 3. The minimum atomic E-state index is -0.401. The fourth-order valence-electron chi connectivity index (χ4n) is 2.77. The van der Waals surface area contributed by atoms with Crippen molar-refractivity contribution in [2.24, 2.45) is 0 Å². The number of H-pyrrole nitrogens is 1. The topological polar surface area (TPSA) is 66.0 Å². The first kappa shape index (κ1) is 15.7. The Labute approximate surface area is 154 Å². The van der Waals surface area contributed by atoms with Gasteiger partial charge in [0.05, 0.1) is 11.2 Å². The number of hydrogen-bond acceptors (Lipinski definition) is 3. The van der Waals surface area contributed by atoms with E-state index in [9.17, 15) is 9.90 Å². The van der Waals surface area contributed by atoms with E-state index in [0.29, 0.717) is 11.3 Å². The van der Waals surface area contributed by atoms with E-state index in [2.05, 4.69) is 9.97 Å².